The van der Waals surface area contributed by atoms with Crippen LogP contribution in [0.15, 0.2) is 24.8 Å². The highest BCUT2D eigenvalue weighted by molar-refractivity contribution is 5.68. The van der Waals surface area contributed by atoms with Gasteiger partial charge in [0.2, 0.25) is 0 Å². The molecule has 5 heteroatoms. The summed E-state index contributed by atoms with van der Waals surface area (Å²) in [4.78, 5) is 12.7. The van der Waals surface area contributed by atoms with E-state index in [1.165, 1.54) is 11.0 Å². The zero-order chi connectivity index (χ0) is 12.2. The topological polar surface area (TPSA) is 49.8 Å². The van der Waals surface area contributed by atoms with E-state index in [1.54, 1.807) is 0 Å². The van der Waals surface area contributed by atoms with Gasteiger partial charge in [0, 0.05) is 13.0 Å². The standard InChI is InChI=1S/C11H16FNO3/c1-3-9(2)6-16-10(15)13-5-4-11(12,7-13)8-14/h3,14H,1-2,4-8H2/t11-/m0/s1. The van der Waals surface area contributed by atoms with Crippen LogP contribution in [0.3, 0.4) is 0 Å². The summed E-state index contributed by atoms with van der Waals surface area (Å²) in [5, 5.41) is 8.80. The van der Waals surface area contributed by atoms with Crippen LogP contribution < -0.4 is 0 Å². The van der Waals surface area contributed by atoms with Crippen LogP contribution in [0.1, 0.15) is 6.42 Å². The summed E-state index contributed by atoms with van der Waals surface area (Å²) in [6, 6.07) is 0. The second-order valence-corrected chi connectivity index (χ2v) is 3.90. The molecule has 1 rings (SSSR count). The van der Waals surface area contributed by atoms with Gasteiger partial charge in [-0.05, 0) is 5.57 Å². The fourth-order valence-corrected chi connectivity index (χ4v) is 1.43. The Balaban J connectivity index is 2.39. The van der Waals surface area contributed by atoms with Crippen molar-refractivity contribution >= 4 is 6.09 Å². The highest BCUT2D eigenvalue weighted by Crippen LogP contribution is 2.25. The maximum Gasteiger partial charge on any atom is 0.410 e. The SMILES string of the molecule is C=CC(=C)COC(=O)N1CC[C@@](F)(CO)C1. The Morgan fingerprint density at radius 1 is 1.69 bits per heavy atom. The number of hydrogen-bond acceptors (Lipinski definition) is 3. The molecule has 1 atom stereocenters. The van der Waals surface area contributed by atoms with Gasteiger partial charge in [-0.25, -0.2) is 9.18 Å². The van der Waals surface area contributed by atoms with Gasteiger partial charge in [0.1, 0.15) is 6.61 Å². The van der Waals surface area contributed by atoms with Gasteiger partial charge in [-0.1, -0.05) is 19.2 Å². The van der Waals surface area contributed by atoms with Gasteiger partial charge in [-0.2, -0.15) is 0 Å². The van der Waals surface area contributed by atoms with E-state index in [1.807, 2.05) is 0 Å². The van der Waals surface area contributed by atoms with Crippen LogP contribution >= 0.6 is 0 Å². The number of carbonyl (C=O) groups excluding carboxylic acids is 1. The van der Waals surface area contributed by atoms with Gasteiger partial charge >= 0.3 is 6.09 Å². The number of carbonyl (C=O) groups is 1. The monoisotopic (exact) mass is 229 g/mol. The molecule has 16 heavy (non-hydrogen) atoms. The van der Waals surface area contributed by atoms with E-state index in [0.717, 1.165) is 0 Å². The van der Waals surface area contributed by atoms with Gasteiger partial charge in [0.15, 0.2) is 5.67 Å². The lowest BCUT2D eigenvalue weighted by atomic mass is 10.1. The van der Waals surface area contributed by atoms with Crippen molar-refractivity contribution in [1.82, 2.24) is 4.90 Å². The van der Waals surface area contributed by atoms with Gasteiger partial charge in [-0.3, -0.25) is 0 Å². The largest absolute Gasteiger partial charge is 0.445 e. The predicted molar refractivity (Wildman–Crippen MR) is 57.8 cm³/mol. The van der Waals surface area contributed by atoms with Gasteiger partial charge < -0.3 is 14.7 Å². The second-order valence-electron chi connectivity index (χ2n) is 3.90. The number of likely N-dealkylation sites (tertiary alicyclic amines) is 1. The first-order valence-electron chi connectivity index (χ1n) is 5.02. The number of alkyl halides is 1. The van der Waals surface area contributed by atoms with Crippen LogP contribution in [0.4, 0.5) is 9.18 Å². The summed E-state index contributed by atoms with van der Waals surface area (Å²) in [5.41, 5.74) is -1.10. The van der Waals surface area contributed by atoms with E-state index in [4.69, 9.17) is 9.84 Å². The molecule has 0 aromatic carbocycles. The number of nitrogens with zero attached hydrogens (tertiary/aromatic N) is 1. The number of rotatable bonds is 4. The third-order valence-electron chi connectivity index (χ3n) is 2.52. The molecule has 90 valence electrons. The molecule has 0 aliphatic carbocycles. The van der Waals surface area contributed by atoms with E-state index < -0.39 is 18.4 Å². The average molecular weight is 229 g/mol. The molecule has 1 fully saturated rings. The summed E-state index contributed by atoms with van der Waals surface area (Å²) >= 11 is 0. The molecular formula is C11H16FNO3. The molecule has 0 bridgehead atoms. The third-order valence-corrected chi connectivity index (χ3v) is 2.52. The predicted octanol–water partition coefficient (Wildman–Crippen LogP) is 1.27. The number of ether oxygens (including phenoxy) is 1. The number of aliphatic hydroxyl groups is 1. The quantitative estimate of drug-likeness (QED) is 0.738. The van der Waals surface area contributed by atoms with Crippen molar-refractivity contribution in [3.05, 3.63) is 24.8 Å². The van der Waals surface area contributed by atoms with Crippen molar-refractivity contribution in [2.24, 2.45) is 0 Å². The normalized spacial score (nSPS) is 24.2. The molecular weight excluding hydrogens is 213 g/mol. The fourth-order valence-electron chi connectivity index (χ4n) is 1.43. The van der Waals surface area contributed by atoms with Gasteiger partial charge in [0.25, 0.3) is 0 Å². The number of hydrogen-bond donors (Lipinski definition) is 1. The number of aliphatic hydroxyl groups excluding tert-OH is 1. The zero-order valence-electron chi connectivity index (χ0n) is 9.12. The van der Waals surface area contributed by atoms with Crippen molar-refractivity contribution in [3.8, 4) is 0 Å². The lowest BCUT2D eigenvalue weighted by Crippen LogP contribution is -2.36. The molecule has 1 N–H and O–H groups in total. The lowest BCUT2D eigenvalue weighted by Gasteiger charge is -2.18. The van der Waals surface area contributed by atoms with Crippen LogP contribution in [-0.2, 0) is 4.74 Å². The van der Waals surface area contributed by atoms with Crippen LogP contribution in [-0.4, -0.2) is 48.1 Å². The molecule has 0 radical (unpaired) electrons. The van der Waals surface area contributed by atoms with Gasteiger partial charge in [0.05, 0.1) is 13.2 Å². The first-order chi connectivity index (χ1) is 7.50. The molecule has 0 spiro atoms. The van der Waals surface area contributed by atoms with E-state index in [9.17, 15) is 9.18 Å². The van der Waals surface area contributed by atoms with E-state index in [-0.39, 0.29) is 26.1 Å². The lowest BCUT2D eigenvalue weighted by molar-refractivity contribution is 0.0707. The second kappa shape index (κ2) is 5.12. The van der Waals surface area contributed by atoms with Crippen LogP contribution in [0.2, 0.25) is 0 Å². The molecule has 1 amide bonds. The molecule has 1 aliphatic heterocycles. The maximum absolute atomic E-state index is 13.6. The minimum absolute atomic E-state index is 0.0528. The smallest absolute Gasteiger partial charge is 0.410 e. The molecule has 0 aromatic heterocycles. The summed E-state index contributed by atoms with van der Waals surface area (Å²) in [6.45, 7) is 6.68. The van der Waals surface area contributed by atoms with E-state index in [2.05, 4.69) is 13.2 Å². The molecule has 1 heterocycles. The molecule has 1 saturated heterocycles. The molecule has 4 nitrogen and oxygen atoms in total. The van der Waals surface area contributed by atoms with Crippen LogP contribution in [0.25, 0.3) is 0 Å². The Hall–Kier alpha value is -1.36. The Morgan fingerprint density at radius 2 is 2.38 bits per heavy atom. The van der Waals surface area contributed by atoms with E-state index in [0.29, 0.717) is 5.57 Å². The molecule has 0 saturated carbocycles. The Labute approximate surface area is 94.0 Å². The first kappa shape index (κ1) is 12.7. The minimum Gasteiger partial charge on any atom is -0.445 e. The summed E-state index contributed by atoms with van der Waals surface area (Å²) < 4.78 is 18.5. The molecule has 1 aliphatic rings. The third kappa shape index (κ3) is 3.06. The van der Waals surface area contributed by atoms with E-state index >= 15 is 0 Å². The summed E-state index contributed by atoms with van der Waals surface area (Å²) in [7, 11) is 0. The Morgan fingerprint density at radius 3 is 2.88 bits per heavy atom. The molecule has 0 unspecified atom stereocenters. The summed E-state index contributed by atoms with van der Waals surface area (Å²) in [6.07, 6.45) is 1.04. The van der Waals surface area contributed by atoms with Crippen molar-refractivity contribution in [3.63, 3.8) is 0 Å². The molecule has 0 aromatic rings. The highest BCUT2D eigenvalue weighted by atomic mass is 19.1. The maximum atomic E-state index is 13.6. The van der Waals surface area contributed by atoms with Crippen LogP contribution in [0, 0.1) is 0 Å². The Bertz CT molecular complexity index is 306. The first-order valence-corrected chi connectivity index (χ1v) is 5.02. The fraction of sp³-hybridized carbons (Fsp3) is 0.545. The van der Waals surface area contributed by atoms with Crippen molar-refractivity contribution in [1.29, 1.82) is 0 Å². The van der Waals surface area contributed by atoms with Crippen LogP contribution in [0.5, 0.6) is 0 Å². The highest BCUT2D eigenvalue weighted by Gasteiger charge is 2.40. The Kier molecular flexibility index (Phi) is 4.06. The van der Waals surface area contributed by atoms with Crippen molar-refractivity contribution in [2.45, 2.75) is 12.1 Å². The van der Waals surface area contributed by atoms with Gasteiger partial charge in [-0.15, -0.1) is 0 Å². The van der Waals surface area contributed by atoms with Crippen molar-refractivity contribution in [2.75, 3.05) is 26.3 Å². The summed E-state index contributed by atoms with van der Waals surface area (Å²) in [5.74, 6) is 0. The minimum atomic E-state index is -1.69. The average Bonchev–Trinajstić information content (AvgIpc) is 2.69. The number of amides is 1. The zero-order valence-corrected chi connectivity index (χ0v) is 9.12. The van der Waals surface area contributed by atoms with Crippen molar-refractivity contribution < 1.29 is 19.0 Å². The number of halogens is 1.